The zero-order valence-electron chi connectivity index (χ0n) is 16.9. The number of rotatable bonds is 9. The fourth-order valence-corrected chi connectivity index (χ4v) is 2.06. The maximum Gasteiger partial charge on any atom is 0.460 e. The molecule has 0 aromatic heterocycles. The molecule has 6 nitrogen and oxygen atoms in total. The molecule has 1 aromatic rings. The Morgan fingerprint density at radius 3 is 1.38 bits per heavy atom. The first kappa shape index (κ1) is 31.7. The summed E-state index contributed by atoms with van der Waals surface area (Å²) in [5.74, 6) is -40.6. The number of benzene rings is 1. The Morgan fingerprint density at radius 2 is 1.03 bits per heavy atom. The maximum atomic E-state index is 13.5. The molecule has 210 valence electrons. The first-order valence-corrected chi connectivity index (χ1v) is 8.74. The van der Waals surface area contributed by atoms with Crippen LogP contribution in [0.2, 0.25) is 0 Å². The zero-order valence-corrected chi connectivity index (χ0v) is 16.9. The van der Waals surface area contributed by atoms with Crippen LogP contribution in [0.25, 0.3) is 0 Å². The summed E-state index contributed by atoms with van der Waals surface area (Å²) in [5, 5.41) is 8.58. The molecule has 1 rings (SSSR count). The summed E-state index contributed by atoms with van der Waals surface area (Å²) in [6, 6.07) is 0.691. The molecule has 1 aromatic carbocycles. The summed E-state index contributed by atoms with van der Waals surface area (Å²) in [5.41, 5.74) is -0.497. The molecule has 0 fully saturated rings. The number of aryl methyl sites for hydroxylation is 1. The maximum absolute atomic E-state index is 13.5. The van der Waals surface area contributed by atoms with Gasteiger partial charge in [-0.05, 0) is 24.1 Å². The zero-order chi connectivity index (χ0) is 29.4. The molecule has 0 aliphatic heterocycles. The molecule has 0 unspecified atom stereocenters. The molecule has 0 spiro atoms. The number of alkyl halides is 14. The Hall–Kier alpha value is -3.35. The largest absolute Gasteiger partial charge is 0.481 e. The van der Waals surface area contributed by atoms with Gasteiger partial charge in [-0.15, -0.1) is 0 Å². The lowest BCUT2D eigenvalue weighted by molar-refractivity contribution is -0.347. The van der Waals surface area contributed by atoms with Crippen molar-refractivity contribution < 1.29 is 90.4 Å². The minimum Gasteiger partial charge on any atom is -0.481 e. The van der Waals surface area contributed by atoms with E-state index in [0.717, 1.165) is 0 Å². The average molecular weight is 574 g/mol. The van der Waals surface area contributed by atoms with Crippen molar-refractivity contribution in [3.63, 3.8) is 0 Å². The summed E-state index contributed by atoms with van der Waals surface area (Å²) >= 11 is 0. The Morgan fingerprint density at radius 1 is 0.649 bits per heavy atom. The second kappa shape index (κ2) is 9.84. The van der Waals surface area contributed by atoms with Gasteiger partial charge in [0.05, 0.1) is 0 Å². The fraction of sp³-hybridized carbons (Fsp3) is 0.471. The molecule has 0 amide bonds. The average Bonchev–Trinajstić information content (AvgIpc) is 2.71. The summed E-state index contributed by atoms with van der Waals surface area (Å²) in [6.07, 6.45) is -15.6. The predicted octanol–water partition coefficient (Wildman–Crippen LogP) is 5.18. The fourth-order valence-electron chi connectivity index (χ4n) is 2.06. The van der Waals surface area contributed by atoms with Crippen molar-refractivity contribution in [1.29, 1.82) is 0 Å². The van der Waals surface area contributed by atoms with E-state index in [2.05, 4.69) is 9.47 Å². The molecule has 1 N–H and O–H groups in total. The van der Waals surface area contributed by atoms with Crippen LogP contribution in [0.4, 0.5) is 61.5 Å². The summed E-state index contributed by atoms with van der Waals surface area (Å²) in [4.78, 5) is 33.4. The van der Waals surface area contributed by atoms with Crippen molar-refractivity contribution in [2.45, 2.75) is 48.9 Å². The molecule has 0 bridgehead atoms. The van der Waals surface area contributed by atoms with Gasteiger partial charge < -0.3 is 14.6 Å². The summed E-state index contributed by atoms with van der Waals surface area (Å²) in [6.45, 7) is 0. The molecular weight excluding hydrogens is 566 g/mol. The van der Waals surface area contributed by atoms with Gasteiger partial charge in [-0.3, -0.25) is 4.79 Å². The lowest BCUT2D eigenvalue weighted by Gasteiger charge is -2.27. The number of halogens is 14. The molecule has 0 aliphatic rings. The van der Waals surface area contributed by atoms with Gasteiger partial charge in [-0.25, -0.2) is 9.59 Å². The van der Waals surface area contributed by atoms with E-state index < -0.39 is 83.9 Å². The van der Waals surface area contributed by atoms with Gasteiger partial charge >= 0.3 is 54.0 Å². The monoisotopic (exact) mass is 574 g/mol. The molecule has 20 heteroatoms. The van der Waals surface area contributed by atoms with Crippen LogP contribution in [-0.4, -0.2) is 59.1 Å². The van der Waals surface area contributed by atoms with Gasteiger partial charge in [0, 0.05) is 6.42 Å². The van der Waals surface area contributed by atoms with Crippen LogP contribution in [0.15, 0.2) is 18.2 Å². The molecular formula is C17H8F14O6. The number of carbonyl (C=O) groups is 3. The van der Waals surface area contributed by atoms with Crippen LogP contribution in [0.3, 0.4) is 0 Å². The molecule has 0 saturated heterocycles. The molecule has 0 saturated carbocycles. The van der Waals surface area contributed by atoms with Gasteiger partial charge in [-0.2, -0.15) is 61.5 Å². The molecule has 0 aliphatic carbocycles. The number of aliphatic carboxylic acids is 1. The lowest BCUT2D eigenvalue weighted by atomic mass is 10.1. The van der Waals surface area contributed by atoms with E-state index in [4.69, 9.17) is 5.11 Å². The molecule has 0 heterocycles. The highest BCUT2D eigenvalue weighted by molar-refractivity contribution is 5.84. The van der Waals surface area contributed by atoms with Crippen molar-refractivity contribution in [2.24, 2.45) is 0 Å². The highest BCUT2D eigenvalue weighted by Gasteiger charge is 2.78. The molecule has 0 atom stereocenters. The number of carboxylic acids is 1. The van der Waals surface area contributed by atoms with Crippen molar-refractivity contribution in [3.8, 4) is 11.5 Å². The predicted molar refractivity (Wildman–Crippen MR) is 85.6 cm³/mol. The number of hydrogen-bond donors (Lipinski definition) is 1. The minimum absolute atomic E-state index is 0.0690. The summed E-state index contributed by atoms with van der Waals surface area (Å²) < 4.78 is 187. The van der Waals surface area contributed by atoms with E-state index in [-0.39, 0.29) is 12.1 Å². The van der Waals surface area contributed by atoms with Crippen molar-refractivity contribution >= 4 is 17.9 Å². The highest BCUT2D eigenvalue weighted by atomic mass is 19.4. The third-order valence-corrected chi connectivity index (χ3v) is 4.05. The third-order valence-electron chi connectivity index (χ3n) is 4.05. The topological polar surface area (TPSA) is 89.9 Å². The second-order valence-electron chi connectivity index (χ2n) is 6.75. The van der Waals surface area contributed by atoms with Crippen LogP contribution in [0.1, 0.15) is 12.0 Å². The van der Waals surface area contributed by atoms with E-state index in [1.807, 2.05) is 0 Å². The quantitative estimate of drug-likeness (QED) is 0.249. The van der Waals surface area contributed by atoms with Crippen molar-refractivity contribution in [1.82, 2.24) is 0 Å². The number of hydrogen-bond acceptors (Lipinski definition) is 5. The third kappa shape index (κ3) is 6.14. The number of esters is 2. The molecule has 37 heavy (non-hydrogen) atoms. The minimum atomic E-state index is -7.11. The van der Waals surface area contributed by atoms with Gasteiger partial charge in [0.1, 0.15) is 0 Å². The van der Waals surface area contributed by atoms with Gasteiger partial charge in [0.15, 0.2) is 11.5 Å². The number of carboxylic acid groups (broad SMARTS) is 1. The number of carbonyl (C=O) groups excluding carboxylic acids is 2. The van der Waals surface area contributed by atoms with Crippen molar-refractivity contribution in [3.05, 3.63) is 23.8 Å². The Labute approximate surface area is 193 Å². The lowest BCUT2D eigenvalue weighted by Crippen LogP contribution is -2.57. The first-order valence-electron chi connectivity index (χ1n) is 8.74. The normalized spacial score (nSPS) is 13.8. The van der Waals surface area contributed by atoms with Gasteiger partial charge in [-0.1, -0.05) is 6.07 Å². The Balaban J connectivity index is 3.50. The Kier molecular flexibility index (Phi) is 8.43. The highest BCUT2D eigenvalue weighted by Crippen LogP contribution is 2.49. The number of ether oxygens (including phenoxy) is 2. The van der Waals surface area contributed by atoms with Crippen LogP contribution in [0, 0.1) is 0 Å². The van der Waals surface area contributed by atoms with Gasteiger partial charge in [0.25, 0.3) is 0 Å². The van der Waals surface area contributed by atoms with Crippen molar-refractivity contribution in [2.75, 3.05) is 0 Å². The molecule has 0 radical (unpaired) electrons. The van der Waals surface area contributed by atoms with Crippen LogP contribution in [-0.2, 0) is 20.8 Å². The SMILES string of the molecule is O=C(O)CCc1ccc(OC(=O)C(F)(F)C(F)(F)C(F)(F)F)c(OC(=O)C(F)(F)C(F)(F)C(F)(F)F)c1. The van der Waals surface area contributed by atoms with E-state index in [9.17, 15) is 75.8 Å². The van der Waals surface area contributed by atoms with E-state index in [1.165, 1.54) is 0 Å². The standard InChI is InChI=1S/C17H8F14O6/c18-12(19,14(22,23)16(26,27)28)10(34)36-7-3-1-6(2-4-9(32)33)5-8(7)37-11(35)13(20,21)15(24,25)17(29,30)31/h1,3,5H,2,4H2,(H,32,33). The smallest absolute Gasteiger partial charge is 0.460 e. The van der Waals surface area contributed by atoms with E-state index in [0.29, 0.717) is 6.07 Å². The van der Waals surface area contributed by atoms with Crippen LogP contribution in [0.5, 0.6) is 11.5 Å². The Bertz CT molecular complexity index is 1040. The van der Waals surface area contributed by atoms with E-state index >= 15 is 0 Å². The first-order chi connectivity index (χ1) is 16.3. The van der Waals surface area contributed by atoms with Crippen LogP contribution < -0.4 is 9.47 Å². The van der Waals surface area contributed by atoms with Crippen LogP contribution >= 0.6 is 0 Å². The van der Waals surface area contributed by atoms with E-state index in [1.54, 1.807) is 0 Å². The van der Waals surface area contributed by atoms with Gasteiger partial charge in [0.2, 0.25) is 0 Å². The second-order valence-corrected chi connectivity index (χ2v) is 6.75. The summed E-state index contributed by atoms with van der Waals surface area (Å²) in [7, 11) is 0.